The van der Waals surface area contributed by atoms with Gasteiger partial charge in [-0.2, -0.15) is 0 Å². The van der Waals surface area contributed by atoms with Gasteiger partial charge in [0.2, 0.25) is 0 Å². The van der Waals surface area contributed by atoms with Gasteiger partial charge in [0.1, 0.15) is 0 Å². The standard InChI is InChI=1S/C5H12INO/c1-8-5-4-7-3-2-6/h7H,2-5H2,1H3. The first-order valence-corrected chi connectivity index (χ1v) is 4.20. The molecule has 0 aromatic heterocycles. The van der Waals surface area contributed by atoms with Crippen LogP contribution in [0.3, 0.4) is 0 Å². The van der Waals surface area contributed by atoms with Gasteiger partial charge in [-0.15, -0.1) is 0 Å². The lowest BCUT2D eigenvalue weighted by Crippen LogP contribution is -2.20. The molecule has 0 aromatic carbocycles. The first-order chi connectivity index (χ1) is 3.91. The molecule has 0 atom stereocenters. The number of methoxy groups -OCH3 is 1. The van der Waals surface area contributed by atoms with Crippen LogP contribution in [0.1, 0.15) is 0 Å². The van der Waals surface area contributed by atoms with Crippen molar-refractivity contribution in [1.82, 2.24) is 5.32 Å². The fourth-order valence-electron chi connectivity index (χ4n) is 0.366. The smallest absolute Gasteiger partial charge is 0.0587 e. The highest BCUT2D eigenvalue weighted by Crippen LogP contribution is 1.74. The van der Waals surface area contributed by atoms with Crippen molar-refractivity contribution in [3.05, 3.63) is 0 Å². The Balaban J connectivity index is 2.53. The van der Waals surface area contributed by atoms with E-state index >= 15 is 0 Å². The van der Waals surface area contributed by atoms with Crippen molar-refractivity contribution < 1.29 is 4.74 Å². The Bertz CT molecular complexity index is 37.4. The first-order valence-electron chi connectivity index (χ1n) is 2.67. The number of rotatable bonds is 5. The molecule has 0 rings (SSSR count). The van der Waals surface area contributed by atoms with Crippen molar-refractivity contribution in [3.8, 4) is 0 Å². The summed E-state index contributed by atoms with van der Waals surface area (Å²) in [6.07, 6.45) is 0. The summed E-state index contributed by atoms with van der Waals surface area (Å²) in [5, 5.41) is 3.20. The molecule has 3 heteroatoms. The van der Waals surface area contributed by atoms with E-state index in [2.05, 4.69) is 27.9 Å². The largest absolute Gasteiger partial charge is 0.383 e. The van der Waals surface area contributed by atoms with Gasteiger partial charge in [0.25, 0.3) is 0 Å². The van der Waals surface area contributed by atoms with Crippen LogP contribution < -0.4 is 5.32 Å². The molecule has 0 aliphatic carbocycles. The second-order valence-corrected chi connectivity index (χ2v) is 2.51. The van der Waals surface area contributed by atoms with Crippen LogP contribution in [0.5, 0.6) is 0 Å². The van der Waals surface area contributed by atoms with Crippen molar-refractivity contribution in [3.63, 3.8) is 0 Å². The van der Waals surface area contributed by atoms with Gasteiger partial charge in [0.05, 0.1) is 6.61 Å². The van der Waals surface area contributed by atoms with E-state index < -0.39 is 0 Å². The molecule has 0 unspecified atom stereocenters. The molecule has 0 aliphatic rings. The van der Waals surface area contributed by atoms with Gasteiger partial charge in [-0.1, -0.05) is 22.6 Å². The molecule has 0 spiro atoms. The maximum Gasteiger partial charge on any atom is 0.0587 e. The van der Waals surface area contributed by atoms with Crippen LogP contribution in [0.2, 0.25) is 0 Å². The highest BCUT2D eigenvalue weighted by Gasteiger charge is 1.81. The summed E-state index contributed by atoms with van der Waals surface area (Å²) < 4.78 is 5.99. The van der Waals surface area contributed by atoms with Crippen molar-refractivity contribution in [2.45, 2.75) is 0 Å². The van der Waals surface area contributed by atoms with Crippen molar-refractivity contribution in [1.29, 1.82) is 0 Å². The zero-order chi connectivity index (χ0) is 6.24. The fourth-order valence-corrected chi connectivity index (χ4v) is 0.747. The summed E-state index contributed by atoms with van der Waals surface area (Å²) in [5.41, 5.74) is 0. The van der Waals surface area contributed by atoms with Crippen molar-refractivity contribution in [2.75, 3.05) is 31.2 Å². The highest BCUT2D eigenvalue weighted by molar-refractivity contribution is 14.1. The third-order valence-electron chi connectivity index (χ3n) is 0.754. The molecule has 0 fully saturated rings. The lowest BCUT2D eigenvalue weighted by Gasteiger charge is -1.98. The summed E-state index contributed by atoms with van der Waals surface area (Å²) in [5.74, 6) is 0. The van der Waals surface area contributed by atoms with E-state index in [9.17, 15) is 0 Å². The Hall–Kier alpha value is 0.650. The Morgan fingerprint density at radius 3 is 2.75 bits per heavy atom. The van der Waals surface area contributed by atoms with E-state index in [4.69, 9.17) is 4.74 Å². The van der Waals surface area contributed by atoms with Gasteiger partial charge >= 0.3 is 0 Å². The highest BCUT2D eigenvalue weighted by atomic mass is 127. The molecule has 50 valence electrons. The van der Waals surface area contributed by atoms with Gasteiger partial charge in [-0.3, -0.25) is 0 Å². The average molecular weight is 229 g/mol. The maximum atomic E-state index is 4.82. The molecule has 0 saturated carbocycles. The molecule has 2 nitrogen and oxygen atoms in total. The normalized spacial score (nSPS) is 9.75. The van der Waals surface area contributed by atoms with Gasteiger partial charge in [-0.25, -0.2) is 0 Å². The SMILES string of the molecule is COCCNCCI. The van der Waals surface area contributed by atoms with E-state index in [1.54, 1.807) is 7.11 Å². The molecule has 0 amide bonds. The van der Waals surface area contributed by atoms with Crippen LogP contribution in [0.4, 0.5) is 0 Å². The maximum absolute atomic E-state index is 4.82. The number of hydrogen-bond donors (Lipinski definition) is 1. The Morgan fingerprint density at radius 2 is 2.25 bits per heavy atom. The summed E-state index contributed by atoms with van der Waals surface area (Å²) in [6, 6.07) is 0. The molecule has 0 radical (unpaired) electrons. The molecule has 0 saturated heterocycles. The van der Waals surface area contributed by atoms with Crippen LogP contribution in [-0.4, -0.2) is 31.2 Å². The first kappa shape index (κ1) is 8.65. The molecular formula is C5H12INO. The van der Waals surface area contributed by atoms with Crippen LogP contribution >= 0.6 is 22.6 Å². The average Bonchev–Trinajstić information content (AvgIpc) is 1.81. The third-order valence-corrected chi connectivity index (χ3v) is 1.29. The zero-order valence-electron chi connectivity index (χ0n) is 5.11. The number of nitrogens with one attached hydrogen (secondary N) is 1. The second kappa shape index (κ2) is 7.65. The predicted molar refractivity (Wildman–Crippen MR) is 43.6 cm³/mol. The minimum atomic E-state index is 0.816. The molecule has 1 N–H and O–H groups in total. The minimum Gasteiger partial charge on any atom is -0.383 e. The lowest BCUT2D eigenvalue weighted by molar-refractivity contribution is 0.200. The molecule has 0 bridgehead atoms. The molecule has 0 aromatic rings. The zero-order valence-corrected chi connectivity index (χ0v) is 7.27. The predicted octanol–water partition coefficient (Wildman–Crippen LogP) is 0.657. The molecule has 8 heavy (non-hydrogen) atoms. The van der Waals surface area contributed by atoms with Crippen LogP contribution in [0.15, 0.2) is 0 Å². The monoisotopic (exact) mass is 229 g/mol. The fraction of sp³-hybridized carbons (Fsp3) is 1.00. The number of alkyl halides is 1. The number of halogens is 1. The summed E-state index contributed by atoms with van der Waals surface area (Å²) in [7, 11) is 1.71. The Kier molecular flexibility index (Phi) is 8.27. The van der Waals surface area contributed by atoms with Gasteiger partial charge in [0, 0.05) is 24.6 Å². The number of hydrogen-bond acceptors (Lipinski definition) is 2. The summed E-state index contributed by atoms with van der Waals surface area (Å²) in [6.45, 7) is 2.88. The van der Waals surface area contributed by atoms with Crippen LogP contribution in [-0.2, 0) is 4.74 Å². The van der Waals surface area contributed by atoms with Gasteiger partial charge in [0.15, 0.2) is 0 Å². The van der Waals surface area contributed by atoms with E-state index in [-0.39, 0.29) is 0 Å². The summed E-state index contributed by atoms with van der Waals surface area (Å²) in [4.78, 5) is 0. The van der Waals surface area contributed by atoms with Crippen LogP contribution in [0, 0.1) is 0 Å². The third kappa shape index (κ3) is 6.65. The topological polar surface area (TPSA) is 21.3 Å². The van der Waals surface area contributed by atoms with Crippen molar-refractivity contribution >= 4 is 22.6 Å². The minimum absolute atomic E-state index is 0.816. The van der Waals surface area contributed by atoms with Gasteiger partial charge in [-0.05, 0) is 0 Å². The van der Waals surface area contributed by atoms with E-state index in [0.29, 0.717) is 0 Å². The van der Waals surface area contributed by atoms with E-state index in [1.165, 1.54) is 4.43 Å². The van der Waals surface area contributed by atoms with Crippen molar-refractivity contribution in [2.24, 2.45) is 0 Å². The van der Waals surface area contributed by atoms with E-state index in [0.717, 1.165) is 19.7 Å². The second-order valence-electron chi connectivity index (χ2n) is 1.43. The summed E-state index contributed by atoms with van der Waals surface area (Å²) >= 11 is 2.34. The Labute approximate surface area is 64.1 Å². The molecule has 0 aliphatic heterocycles. The number of ether oxygens (including phenoxy) is 1. The lowest BCUT2D eigenvalue weighted by atomic mass is 10.6. The van der Waals surface area contributed by atoms with Gasteiger partial charge < -0.3 is 10.1 Å². The quantitative estimate of drug-likeness (QED) is 0.424. The Morgan fingerprint density at radius 1 is 1.50 bits per heavy atom. The molecular weight excluding hydrogens is 217 g/mol. The molecule has 0 heterocycles. The van der Waals surface area contributed by atoms with E-state index in [1.807, 2.05) is 0 Å². The van der Waals surface area contributed by atoms with Crippen LogP contribution in [0.25, 0.3) is 0 Å².